The largest absolute Gasteiger partial charge is 0.293 e. The van der Waals surface area contributed by atoms with Gasteiger partial charge in [0.25, 0.3) is 0 Å². The lowest BCUT2D eigenvalue weighted by Crippen LogP contribution is -2.03. The van der Waals surface area contributed by atoms with E-state index < -0.39 is 0 Å². The van der Waals surface area contributed by atoms with E-state index in [1.165, 1.54) is 6.92 Å². The molecule has 0 atom stereocenters. The van der Waals surface area contributed by atoms with Crippen molar-refractivity contribution in [1.82, 2.24) is 0 Å². The fraction of sp³-hybridized carbons (Fsp3) is 0.143. The molecular formula is C14H13NO. The molecule has 0 spiro atoms. The molecule has 16 heavy (non-hydrogen) atoms. The number of benzene rings is 2. The van der Waals surface area contributed by atoms with E-state index in [-0.39, 0.29) is 5.78 Å². The van der Waals surface area contributed by atoms with Gasteiger partial charge < -0.3 is 0 Å². The predicted molar refractivity (Wildman–Crippen MR) is 67.4 cm³/mol. The highest BCUT2D eigenvalue weighted by Crippen LogP contribution is 2.25. The number of carbonyl (C=O) groups excluding carboxylic acids is 1. The summed E-state index contributed by atoms with van der Waals surface area (Å²) in [4.78, 5) is 15.5. The maximum absolute atomic E-state index is 11.2. The van der Waals surface area contributed by atoms with Crippen molar-refractivity contribution in [1.29, 1.82) is 0 Å². The molecule has 0 fully saturated rings. The molecule has 0 unspecified atom stereocenters. The van der Waals surface area contributed by atoms with Crippen molar-refractivity contribution in [3.05, 3.63) is 42.5 Å². The summed E-state index contributed by atoms with van der Waals surface area (Å²) in [6.45, 7) is 3.27. The molecule has 0 heterocycles. The van der Waals surface area contributed by atoms with E-state index in [0.717, 1.165) is 16.5 Å². The second kappa shape index (κ2) is 4.27. The molecule has 0 radical (unpaired) electrons. The van der Waals surface area contributed by atoms with Crippen molar-refractivity contribution in [3.63, 3.8) is 0 Å². The predicted octanol–water partition coefficient (Wildman–Crippen LogP) is 3.52. The van der Waals surface area contributed by atoms with Crippen LogP contribution in [-0.4, -0.2) is 11.5 Å². The summed E-state index contributed by atoms with van der Waals surface area (Å²) in [7, 11) is 0. The summed E-state index contributed by atoms with van der Waals surface area (Å²) in [5, 5.41) is 2.21. The second-order valence-electron chi connectivity index (χ2n) is 3.75. The molecule has 2 aromatic carbocycles. The molecule has 2 aromatic rings. The SMILES string of the molecule is CC(=O)C(C)=Nc1cccc2ccccc12. The van der Waals surface area contributed by atoms with Crippen molar-refractivity contribution < 1.29 is 4.79 Å². The summed E-state index contributed by atoms with van der Waals surface area (Å²) in [6, 6.07) is 13.9. The zero-order valence-electron chi connectivity index (χ0n) is 9.40. The monoisotopic (exact) mass is 211 g/mol. The first kappa shape index (κ1) is 10.6. The van der Waals surface area contributed by atoms with Gasteiger partial charge in [0.15, 0.2) is 5.78 Å². The van der Waals surface area contributed by atoms with E-state index in [9.17, 15) is 4.79 Å². The quantitative estimate of drug-likeness (QED) is 0.699. The van der Waals surface area contributed by atoms with Crippen LogP contribution in [0.2, 0.25) is 0 Å². The van der Waals surface area contributed by atoms with Crippen molar-refractivity contribution in [3.8, 4) is 0 Å². The van der Waals surface area contributed by atoms with E-state index >= 15 is 0 Å². The third kappa shape index (κ3) is 2.01. The average Bonchev–Trinajstić information content (AvgIpc) is 2.29. The maximum Gasteiger partial charge on any atom is 0.173 e. The molecule has 2 rings (SSSR count). The van der Waals surface area contributed by atoms with Gasteiger partial charge in [-0.2, -0.15) is 0 Å². The Morgan fingerprint density at radius 1 is 1.00 bits per heavy atom. The van der Waals surface area contributed by atoms with Crippen LogP contribution in [0.15, 0.2) is 47.5 Å². The number of Topliss-reactive ketones (excluding diaryl/α,β-unsaturated/α-hetero) is 1. The molecule has 0 bridgehead atoms. The molecule has 2 heteroatoms. The first-order valence-corrected chi connectivity index (χ1v) is 5.22. The molecule has 0 saturated carbocycles. The third-order valence-corrected chi connectivity index (χ3v) is 2.56. The van der Waals surface area contributed by atoms with Crippen molar-refractivity contribution in [2.24, 2.45) is 4.99 Å². The fourth-order valence-electron chi connectivity index (χ4n) is 1.57. The highest BCUT2D eigenvalue weighted by molar-refractivity contribution is 6.38. The molecule has 0 saturated heterocycles. The smallest absolute Gasteiger partial charge is 0.173 e. The van der Waals surface area contributed by atoms with E-state index in [4.69, 9.17) is 0 Å². The number of ketones is 1. The Hall–Kier alpha value is -1.96. The van der Waals surface area contributed by atoms with E-state index in [1.807, 2.05) is 42.5 Å². The molecule has 0 aliphatic heterocycles. The first-order chi connectivity index (χ1) is 7.68. The Labute approximate surface area is 94.6 Å². The van der Waals surface area contributed by atoms with Gasteiger partial charge in [0.05, 0.1) is 11.4 Å². The van der Waals surface area contributed by atoms with Gasteiger partial charge in [-0.15, -0.1) is 0 Å². The number of nitrogens with zero attached hydrogens (tertiary/aromatic N) is 1. The molecule has 0 N–H and O–H groups in total. The van der Waals surface area contributed by atoms with Crippen molar-refractivity contribution in [2.45, 2.75) is 13.8 Å². The Balaban J connectivity index is 2.61. The number of fused-ring (bicyclic) bond motifs is 1. The minimum atomic E-state index is 0.00735. The molecule has 0 aliphatic carbocycles. The van der Waals surface area contributed by atoms with Crippen LogP contribution in [0.5, 0.6) is 0 Å². The van der Waals surface area contributed by atoms with Gasteiger partial charge in [0, 0.05) is 12.3 Å². The fourth-order valence-corrected chi connectivity index (χ4v) is 1.57. The average molecular weight is 211 g/mol. The number of hydrogen-bond donors (Lipinski definition) is 0. The van der Waals surface area contributed by atoms with Gasteiger partial charge >= 0.3 is 0 Å². The lowest BCUT2D eigenvalue weighted by atomic mass is 10.1. The first-order valence-electron chi connectivity index (χ1n) is 5.22. The van der Waals surface area contributed by atoms with Gasteiger partial charge in [-0.1, -0.05) is 36.4 Å². The van der Waals surface area contributed by atoms with E-state index in [1.54, 1.807) is 6.92 Å². The topological polar surface area (TPSA) is 29.4 Å². The highest BCUT2D eigenvalue weighted by atomic mass is 16.1. The van der Waals surface area contributed by atoms with Crippen LogP contribution in [0.1, 0.15) is 13.8 Å². The zero-order chi connectivity index (χ0) is 11.5. The van der Waals surface area contributed by atoms with Gasteiger partial charge in [0.1, 0.15) is 0 Å². The van der Waals surface area contributed by atoms with Crippen LogP contribution in [0, 0.1) is 0 Å². The Bertz CT molecular complexity index is 564. The van der Waals surface area contributed by atoms with E-state index in [0.29, 0.717) is 5.71 Å². The molecule has 0 aromatic heterocycles. The molecule has 0 aliphatic rings. The summed E-state index contributed by atoms with van der Waals surface area (Å²) >= 11 is 0. The van der Waals surface area contributed by atoms with Crippen LogP contribution in [0.3, 0.4) is 0 Å². The third-order valence-electron chi connectivity index (χ3n) is 2.56. The second-order valence-corrected chi connectivity index (χ2v) is 3.75. The standard InChI is InChI=1S/C14H13NO/c1-10(11(2)16)15-14-9-5-7-12-6-3-4-8-13(12)14/h3-9H,1-2H3. The van der Waals surface area contributed by atoms with Crippen molar-refractivity contribution >= 4 is 28.0 Å². The minimum absolute atomic E-state index is 0.00735. The normalized spacial score (nSPS) is 11.8. The van der Waals surface area contributed by atoms with Gasteiger partial charge in [-0.05, 0) is 18.4 Å². The highest BCUT2D eigenvalue weighted by Gasteiger charge is 2.01. The van der Waals surface area contributed by atoms with Crippen LogP contribution < -0.4 is 0 Å². The van der Waals surface area contributed by atoms with Gasteiger partial charge in [-0.25, -0.2) is 4.99 Å². The Morgan fingerprint density at radius 2 is 1.69 bits per heavy atom. The Morgan fingerprint density at radius 3 is 2.44 bits per heavy atom. The Kier molecular flexibility index (Phi) is 2.82. The lowest BCUT2D eigenvalue weighted by molar-refractivity contribution is -0.111. The van der Waals surface area contributed by atoms with Crippen molar-refractivity contribution in [2.75, 3.05) is 0 Å². The van der Waals surface area contributed by atoms with Gasteiger partial charge in [-0.3, -0.25) is 4.79 Å². The van der Waals surface area contributed by atoms with Crippen LogP contribution >= 0.6 is 0 Å². The summed E-state index contributed by atoms with van der Waals surface area (Å²) in [5.41, 5.74) is 1.39. The molecular weight excluding hydrogens is 198 g/mol. The number of carbonyl (C=O) groups is 1. The van der Waals surface area contributed by atoms with Crippen LogP contribution in [0.25, 0.3) is 10.8 Å². The molecule has 2 nitrogen and oxygen atoms in total. The maximum atomic E-state index is 11.2. The molecule has 0 amide bonds. The van der Waals surface area contributed by atoms with Crippen LogP contribution in [-0.2, 0) is 4.79 Å². The van der Waals surface area contributed by atoms with Crippen LogP contribution in [0.4, 0.5) is 5.69 Å². The van der Waals surface area contributed by atoms with Gasteiger partial charge in [0.2, 0.25) is 0 Å². The number of rotatable bonds is 2. The summed E-state index contributed by atoms with van der Waals surface area (Å²) in [5.74, 6) is 0.00735. The summed E-state index contributed by atoms with van der Waals surface area (Å²) < 4.78 is 0. The minimum Gasteiger partial charge on any atom is -0.293 e. The lowest BCUT2D eigenvalue weighted by Gasteiger charge is -2.02. The van der Waals surface area contributed by atoms with E-state index in [2.05, 4.69) is 4.99 Å². The summed E-state index contributed by atoms with van der Waals surface area (Å²) in [6.07, 6.45) is 0. The molecule has 80 valence electrons. The number of aliphatic imine (C=N–C) groups is 1. The number of hydrogen-bond acceptors (Lipinski definition) is 2. The zero-order valence-corrected chi connectivity index (χ0v) is 9.40.